The van der Waals surface area contributed by atoms with E-state index in [0.717, 1.165) is 12.8 Å². The summed E-state index contributed by atoms with van der Waals surface area (Å²) in [7, 11) is -2.88. The van der Waals surface area contributed by atoms with Crippen molar-refractivity contribution >= 4 is 15.7 Å². The van der Waals surface area contributed by atoms with Gasteiger partial charge in [-0.25, -0.2) is 8.42 Å². The van der Waals surface area contributed by atoms with Crippen molar-refractivity contribution in [2.24, 2.45) is 5.92 Å². The minimum Gasteiger partial charge on any atom is -0.323 e. The largest absolute Gasteiger partial charge is 0.323 e. The van der Waals surface area contributed by atoms with Crippen LogP contribution >= 0.6 is 0 Å². The van der Waals surface area contributed by atoms with Gasteiger partial charge in [0.05, 0.1) is 23.7 Å². The van der Waals surface area contributed by atoms with E-state index in [1.54, 1.807) is 0 Å². The summed E-state index contributed by atoms with van der Waals surface area (Å²) in [6.07, 6.45) is 2.94. The second-order valence-corrected chi connectivity index (χ2v) is 8.70. The van der Waals surface area contributed by atoms with E-state index in [1.807, 2.05) is 4.90 Å². The fourth-order valence-electron chi connectivity index (χ4n) is 3.26. The molecule has 0 aliphatic carbocycles. The molecule has 5 nitrogen and oxygen atoms in total. The molecule has 116 valence electrons. The molecule has 2 aliphatic rings. The Hall–Kier alpha value is -0.620. The Balaban J connectivity index is 2.07. The van der Waals surface area contributed by atoms with E-state index >= 15 is 0 Å². The third-order valence-electron chi connectivity index (χ3n) is 4.29. The normalized spacial score (nSPS) is 31.2. The standard InChI is InChI=1S/C14H26N2O3S/c1-4-13-15-12(9-10(2)3)14(17)16(13)11-5-7-20(18,19)8-6-11/h10-13,15H,4-9H2,1-3H3. The first-order valence-electron chi connectivity index (χ1n) is 7.62. The second kappa shape index (κ2) is 6.02. The number of nitrogens with one attached hydrogen (secondary N) is 1. The number of sulfone groups is 1. The van der Waals surface area contributed by atoms with E-state index in [-0.39, 0.29) is 35.7 Å². The second-order valence-electron chi connectivity index (χ2n) is 6.40. The van der Waals surface area contributed by atoms with E-state index in [4.69, 9.17) is 0 Å². The molecule has 0 bridgehead atoms. The van der Waals surface area contributed by atoms with Gasteiger partial charge in [-0.15, -0.1) is 0 Å². The summed E-state index contributed by atoms with van der Waals surface area (Å²) in [5.41, 5.74) is 0. The first-order chi connectivity index (χ1) is 9.34. The maximum atomic E-state index is 12.6. The molecule has 0 aromatic heterocycles. The lowest BCUT2D eigenvalue weighted by Gasteiger charge is -2.34. The fourth-order valence-corrected chi connectivity index (χ4v) is 4.73. The van der Waals surface area contributed by atoms with Crippen LogP contribution in [-0.2, 0) is 14.6 Å². The summed E-state index contributed by atoms with van der Waals surface area (Å²) >= 11 is 0. The summed E-state index contributed by atoms with van der Waals surface area (Å²) in [6.45, 7) is 6.30. The van der Waals surface area contributed by atoms with Gasteiger partial charge >= 0.3 is 0 Å². The average Bonchev–Trinajstić information content (AvgIpc) is 2.66. The number of carbonyl (C=O) groups excluding carboxylic acids is 1. The molecule has 2 atom stereocenters. The number of amides is 1. The SMILES string of the molecule is CCC1NC(CC(C)C)C(=O)N1C1CCS(=O)(=O)CC1. The molecule has 0 aromatic carbocycles. The van der Waals surface area contributed by atoms with Crippen LogP contribution in [0.1, 0.15) is 46.5 Å². The third-order valence-corrected chi connectivity index (χ3v) is 6.01. The summed E-state index contributed by atoms with van der Waals surface area (Å²) in [4.78, 5) is 14.5. The van der Waals surface area contributed by atoms with Crippen molar-refractivity contribution in [3.05, 3.63) is 0 Å². The van der Waals surface area contributed by atoms with Crippen LogP contribution in [-0.4, -0.2) is 49.0 Å². The van der Waals surface area contributed by atoms with Gasteiger partial charge in [0.25, 0.3) is 0 Å². The van der Waals surface area contributed by atoms with Gasteiger partial charge in [0.1, 0.15) is 9.84 Å². The maximum Gasteiger partial charge on any atom is 0.241 e. The Morgan fingerprint density at radius 2 is 1.90 bits per heavy atom. The Labute approximate surface area is 122 Å². The predicted molar refractivity (Wildman–Crippen MR) is 79.0 cm³/mol. The van der Waals surface area contributed by atoms with E-state index < -0.39 is 9.84 Å². The van der Waals surface area contributed by atoms with Crippen molar-refractivity contribution in [3.63, 3.8) is 0 Å². The molecule has 1 N–H and O–H groups in total. The van der Waals surface area contributed by atoms with Crippen molar-refractivity contribution in [3.8, 4) is 0 Å². The Bertz CT molecular complexity index is 447. The topological polar surface area (TPSA) is 66.5 Å². The van der Waals surface area contributed by atoms with Gasteiger partial charge in [0.15, 0.2) is 0 Å². The van der Waals surface area contributed by atoms with Gasteiger partial charge in [0, 0.05) is 6.04 Å². The summed E-state index contributed by atoms with van der Waals surface area (Å²) < 4.78 is 23.1. The Morgan fingerprint density at radius 1 is 1.30 bits per heavy atom. The van der Waals surface area contributed by atoms with Crippen LogP contribution in [0.2, 0.25) is 0 Å². The minimum absolute atomic E-state index is 0.0667. The van der Waals surface area contributed by atoms with E-state index in [1.165, 1.54) is 0 Å². The molecule has 2 saturated heterocycles. The molecule has 6 heteroatoms. The zero-order valence-corrected chi connectivity index (χ0v) is 13.4. The number of rotatable bonds is 4. The molecular formula is C14H26N2O3S. The molecular weight excluding hydrogens is 276 g/mol. The number of hydrogen-bond donors (Lipinski definition) is 1. The van der Waals surface area contributed by atoms with Crippen molar-refractivity contribution < 1.29 is 13.2 Å². The Kier molecular flexibility index (Phi) is 4.74. The minimum atomic E-state index is -2.88. The van der Waals surface area contributed by atoms with Crippen LogP contribution in [0.15, 0.2) is 0 Å². The van der Waals surface area contributed by atoms with Gasteiger partial charge in [-0.1, -0.05) is 20.8 Å². The summed E-state index contributed by atoms with van der Waals surface area (Å²) in [6, 6.07) is -0.0147. The van der Waals surface area contributed by atoms with Crippen LogP contribution < -0.4 is 5.32 Å². The maximum absolute atomic E-state index is 12.6. The molecule has 2 aliphatic heterocycles. The van der Waals surface area contributed by atoms with Crippen LogP contribution in [0, 0.1) is 5.92 Å². The monoisotopic (exact) mass is 302 g/mol. The highest BCUT2D eigenvalue weighted by atomic mass is 32.2. The molecule has 0 saturated carbocycles. The van der Waals surface area contributed by atoms with Crippen LogP contribution in [0.3, 0.4) is 0 Å². The van der Waals surface area contributed by atoms with E-state index in [2.05, 4.69) is 26.1 Å². The summed E-state index contributed by atoms with van der Waals surface area (Å²) in [5.74, 6) is 1.06. The lowest BCUT2D eigenvalue weighted by Crippen LogP contribution is -2.47. The molecule has 0 aromatic rings. The molecule has 2 unspecified atom stereocenters. The third kappa shape index (κ3) is 3.34. The van der Waals surface area contributed by atoms with Crippen molar-refractivity contribution in [2.45, 2.75) is 64.7 Å². The zero-order valence-electron chi connectivity index (χ0n) is 12.6. The lowest BCUT2D eigenvalue weighted by atomic mass is 10.0. The van der Waals surface area contributed by atoms with Crippen molar-refractivity contribution in [1.82, 2.24) is 10.2 Å². The van der Waals surface area contributed by atoms with Crippen molar-refractivity contribution in [1.29, 1.82) is 0 Å². The smallest absolute Gasteiger partial charge is 0.241 e. The van der Waals surface area contributed by atoms with Gasteiger partial charge in [0.2, 0.25) is 5.91 Å². The van der Waals surface area contributed by atoms with E-state index in [0.29, 0.717) is 18.8 Å². The Morgan fingerprint density at radius 3 is 2.40 bits per heavy atom. The highest BCUT2D eigenvalue weighted by Gasteiger charge is 2.42. The molecule has 2 fully saturated rings. The average molecular weight is 302 g/mol. The highest BCUT2D eigenvalue weighted by molar-refractivity contribution is 7.91. The molecule has 2 rings (SSSR count). The zero-order chi connectivity index (χ0) is 14.9. The van der Waals surface area contributed by atoms with Crippen LogP contribution in [0.25, 0.3) is 0 Å². The lowest BCUT2D eigenvalue weighted by molar-refractivity contribution is -0.132. The van der Waals surface area contributed by atoms with Crippen LogP contribution in [0.4, 0.5) is 0 Å². The van der Waals surface area contributed by atoms with Crippen LogP contribution in [0.5, 0.6) is 0 Å². The first kappa shape index (κ1) is 15.8. The quantitative estimate of drug-likeness (QED) is 0.846. The van der Waals surface area contributed by atoms with Crippen molar-refractivity contribution in [2.75, 3.05) is 11.5 Å². The van der Waals surface area contributed by atoms with E-state index in [9.17, 15) is 13.2 Å². The predicted octanol–water partition coefficient (Wildman–Crippen LogP) is 1.15. The number of nitrogens with zero attached hydrogens (tertiary/aromatic N) is 1. The van der Waals surface area contributed by atoms with Gasteiger partial charge in [-0.05, 0) is 31.6 Å². The molecule has 2 heterocycles. The van der Waals surface area contributed by atoms with Gasteiger partial charge in [-0.2, -0.15) is 0 Å². The van der Waals surface area contributed by atoms with Gasteiger partial charge in [-0.3, -0.25) is 10.1 Å². The fraction of sp³-hybridized carbons (Fsp3) is 0.929. The molecule has 0 spiro atoms. The molecule has 0 radical (unpaired) electrons. The molecule has 20 heavy (non-hydrogen) atoms. The number of hydrogen-bond acceptors (Lipinski definition) is 4. The van der Waals surface area contributed by atoms with Gasteiger partial charge < -0.3 is 4.90 Å². The summed E-state index contributed by atoms with van der Waals surface area (Å²) in [5, 5.41) is 3.42. The highest BCUT2D eigenvalue weighted by Crippen LogP contribution is 2.27. The first-order valence-corrected chi connectivity index (χ1v) is 9.45. The number of carbonyl (C=O) groups is 1. The molecule has 1 amide bonds.